The fourth-order valence-electron chi connectivity index (χ4n) is 5.04. The number of nitrogens with zero attached hydrogens (tertiary/aromatic N) is 3. The molecular weight excluding hydrogens is 472 g/mol. The SMILES string of the molecule is CCCN(CCC)CCCCCCNc1nc(-c2ccc3ccccc3c2)nc2cc(OC)c(OC)cc12. The summed E-state index contributed by atoms with van der Waals surface area (Å²) < 4.78 is 11.1. The highest BCUT2D eigenvalue weighted by atomic mass is 16.5. The summed E-state index contributed by atoms with van der Waals surface area (Å²) in [6.07, 6.45) is 7.29. The van der Waals surface area contributed by atoms with E-state index < -0.39 is 0 Å². The average Bonchev–Trinajstić information content (AvgIpc) is 2.95. The molecule has 0 radical (unpaired) electrons. The molecule has 0 aliphatic heterocycles. The number of anilines is 1. The van der Waals surface area contributed by atoms with Crippen LogP contribution >= 0.6 is 0 Å². The number of hydrogen-bond donors (Lipinski definition) is 1. The summed E-state index contributed by atoms with van der Waals surface area (Å²) in [5.74, 6) is 2.87. The zero-order valence-electron chi connectivity index (χ0n) is 23.4. The number of hydrogen-bond acceptors (Lipinski definition) is 6. The molecule has 0 spiro atoms. The minimum Gasteiger partial charge on any atom is -0.493 e. The summed E-state index contributed by atoms with van der Waals surface area (Å²) >= 11 is 0. The highest BCUT2D eigenvalue weighted by Crippen LogP contribution is 2.35. The van der Waals surface area contributed by atoms with Crippen LogP contribution in [0.1, 0.15) is 52.4 Å². The van der Waals surface area contributed by atoms with Crippen LogP contribution in [0.15, 0.2) is 54.6 Å². The van der Waals surface area contributed by atoms with E-state index in [0.717, 1.165) is 35.2 Å². The molecule has 0 saturated carbocycles. The van der Waals surface area contributed by atoms with Crippen molar-refractivity contribution in [3.8, 4) is 22.9 Å². The first-order valence-corrected chi connectivity index (χ1v) is 14.1. The first-order valence-electron chi connectivity index (χ1n) is 14.1. The Balaban J connectivity index is 1.50. The minimum absolute atomic E-state index is 0.661. The predicted octanol–water partition coefficient (Wildman–Crippen LogP) is 7.56. The van der Waals surface area contributed by atoms with Gasteiger partial charge in [-0.1, -0.05) is 63.1 Å². The second-order valence-corrected chi connectivity index (χ2v) is 9.86. The molecule has 6 heteroatoms. The molecule has 1 heterocycles. The summed E-state index contributed by atoms with van der Waals surface area (Å²) in [5.41, 5.74) is 1.82. The lowest BCUT2D eigenvalue weighted by atomic mass is 10.1. The van der Waals surface area contributed by atoms with Gasteiger partial charge in [0.2, 0.25) is 0 Å². The topological polar surface area (TPSA) is 59.5 Å². The van der Waals surface area contributed by atoms with Crippen LogP contribution in [-0.4, -0.2) is 55.3 Å². The minimum atomic E-state index is 0.661. The van der Waals surface area contributed by atoms with Gasteiger partial charge in [0.25, 0.3) is 0 Å². The van der Waals surface area contributed by atoms with Crippen LogP contribution in [0.3, 0.4) is 0 Å². The third-order valence-corrected chi connectivity index (χ3v) is 6.98. The number of unbranched alkanes of at least 4 members (excludes halogenated alkanes) is 3. The summed E-state index contributed by atoms with van der Waals surface area (Å²) in [7, 11) is 3.31. The molecule has 0 amide bonds. The van der Waals surface area contributed by atoms with Crippen molar-refractivity contribution in [2.75, 3.05) is 45.7 Å². The first kappa shape index (κ1) is 27.6. The van der Waals surface area contributed by atoms with Crippen molar-refractivity contribution in [2.24, 2.45) is 0 Å². The Morgan fingerprint density at radius 3 is 2.18 bits per heavy atom. The molecular formula is C32H42N4O2. The Labute approximate surface area is 227 Å². The van der Waals surface area contributed by atoms with Crippen LogP contribution in [0.2, 0.25) is 0 Å². The van der Waals surface area contributed by atoms with Gasteiger partial charge in [-0.2, -0.15) is 0 Å². The van der Waals surface area contributed by atoms with E-state index in [2.05, 4.69) is 66.5 Å². The summed E-state index contributed by atoms with van der Waals surface area (Å²) in [4.78, 5) is 12.5. The van der Waals surface area contributed by atoms with Crippen LogP contribution in [-0.2, 0) is 0 Å². The molecule has 38 heavy (non-hydrogen) atoms. The van der Waals surface area contributed by atoms with Crippen molar-refractivity contribution in [1.29, 1.82) is 0 Å². The first-order chi connectivity index (χ1) is 18.7. The maximum absolute atomic E-state index is 5.57. The van der Waals surface area contributed by atoms with Crippen LogP contribution in [0, 0.1) is 0 Å². The maximum atomic E-state index is 5.57. The van der Waals surface area contributed by atoms with Gasteiger partial charge in [0.05, 0.1) is 19.7 Å². The van der Waals surface area contributed by atoms with E-state index in [1.54, 1.807) is 14.2 Å². The van der Waals surface area contributed by atoms with Crippen molar-refractivity contribution < 1.29 is 9.47 Å². The molecule has 0 atom stereocenters. The fourth-order valence-corrected chi connectivity index (χ4v) is 5.04. The molecule has 0 unspecified atom stereocenters. The smallest absolute Gasteiger partial charge is 0.162 e. The third kappa shape index (κ3) is 6.93. The molecule has 1 N–H and O–H groups in total. The normalized spacial score (nSPS) is 11.4. The van der Waals surface area contributed by atoms with Gasteiger partial charge in [0.1, 0.15) is 5.82 Å². The predicted molar refractivity (Wildman–Crippen MR) is 160 cm³/mol. The van der Waals surface area contributed by atoms with E-state index in [0.29, 0.717) is 17.3 Å². The van der Waals surface area contributed by atoms with Gasteiger partial charge in [-0.05, 0) is 68.2 Å². The summed E-state index contributed by atoms with van der Waals surface area (Å²) in [6.45, 7) is 9.03. The highest BCUT2D eigenvalue weighted by molar-refractivity contribution is 5.94. The third-order valence-electron chi connectivity index (χ3n) is 6.98. The van der Waals surface area contributed by atoms with Crippen molar-refractivity contribution in [1.82, 2.24) is 14.9 Å². The molecule has 3 aromatic carbocycles. The number of rotatable bonds is 15. The van der Waals surface area contributed by atoms with Gasteiger partial charge in [0.15, 0.2) is 17.3 Å². The molecule has 0 aliphatic rings. The van der Waals surface area contributed by atoms with Crippen LogP contribution in [0.4, 0.5) is 5.82 Å². The van der Waals surface area contributed by atoms with Crippen molar-refractivity contribution in [3.05, 3.63) is 54.6 Å². The van der Waals surface area contributed by atoms with Crippen LogP contribution < -0.4 is 14.8 Å². The van der Waals surface area contributed by atoms with Gasteiger partial charge < -0.3 is 19.7 Å². The van der Waals surface area contributed by atoms with Crippen LogP contribution in [0.25, 0.3) is 33.1 Å². The molecule has 1 aromatic heterocycles. The Morgan fingerprint density at radius 1 is 0.737 bits per heavy atom. The van der Waals surface area contributed by atoms with E-state index in [4.69, 9.17) is 19.4 Å². The van der Waals surface area contributed by atoms with E-state index in [9.17, 15) is 0 Å². The highest BCUT2D eigenvalue weighted by Gasteiger charge is 2.14. The van der Waals surface area contributed by atoms with E-state index in [1.807, 2.05) is 12.1 Å². The maximum Gasteiger partial charge on any atom is 0.162 e. The van der Waals surface area contributed by atoms with Gasteiger partial charge in [-0.25, -0.2) is 9.97 Å². The summed E-state index contributed by atoms with van der Waals surface area (Å²) in [6, 6.07) is 18.6. The van der Waals surface area contributed by atoms with Crippen molar-refractivity contribution in [2.45, 2.75) is 52.4 Å². The van der Waals surface area contributed by atoms with Gasteiger partial charge >= 0.3 is 0 Å². The lowest BCUT2D eigenvalue weighted by molar-refractivity contribution is 0.268. The van der Waals surface area contributed by atoms with E-state index in [1.165, 1.54) is 62.5 Å². The molecule has 0 fully saturated rings. The Kier molecular flexibility index (Phi) is 10.2. The Morgan fingerprint density at radius 2 is 1.45 bits per heavy atom. The van der Waals surface area contributed by atoms with E-state index in [-0.39, 0.29) is 0 Å². The van der Waals surface area contributed by atoms with Gasteiger partial charge in [0, 0.05) is 23.6 Å². The monoisotopic (exact) mass is 514 g/mol. The number of benzene rings is 3. The number of aromatic nitrogens is 2. The largest absolute Gasteiger partial charge is 0.493 e. The molecule has 202 valence electrons. The second kappa shape index (κ2) is 14.0. The zero-order valence-corrected chi connectivity index (χ0v) is 23.4. The average molecular weight is 515 g/mol. The molecule has 6 nitrogen and oxygen atoms in total. The lowest BCUT2D eigenvalue weighted by Crippen LogP contribution is -2.26. The lowest BCUT2D eigenvalue weighted by Gasteiger charge is -2.20. The fraction of sp³-hybridized carbons (Fsp3) is 0.438. The molecule has 4 rings (SSSR count). The van der Waals surface area contributed by atoms with Crippen molar-refractivity contribution >= 4 is 27.5 Å². The standard InChI is InChI=1S/C32H42N4O2/c1-5-18-36(19-6-2)20-12-8-7-11-17-33-32-27-22-29(37-3)30(38-4)23-28(27)34-31(35-32)26-16-15-24-13-9-10-14-25(24)21-26/h9-10,13-16,21-23H,5-8,11-12,17-20H2,1-4H3,(H,33,34,35). The molecule has 0 aliphatic carbocycles. The number of fused-ring (bicyclic) bond motifs is 2. The number of nitrogens with one attached hydrogen (secondary N) is 1. The van der Waals surface area contributed by atoms with Gasteiger partial charge in [-0.15, -0.1) is 0 Å². The number of methoxy groups -OCH3 is 2. The van der Waals surface area contributed by atoms with E-state index >= 15 is 0 Å². The molecule has 4 aromatic rings. The van der Waals surface area contributed by atoms with Crippen molar-refractivity contribution in [3.63, 3.8) is 0 Å². The summed E-state index contributed by atoms with van der Waals surface area (Å²) in [5, 5.41) is 6.91. The zero-order chi connectivity index (χ0) is 26.7. The quantitative estimate of drug-likeness (QED) is 0.165. The molecule has 0 bridgehead atoms. The van der Waals surface area contributed by atoms with Gasteiger partial charge in [-0.3, -0.25) is 0 Å². The van der Waals surface area contributed by atoms with Crippen LogP contribution in [0.5, 0.6) is 11.5 Å². The Bertz CT molecular complexity index is 1320. The Hall–Kier alpha value is -3.38. The second-order valence-electron chi connectivity index (χ2n) is 9.86. The molecule has 0 saturated heterocycles. The number of ether oxygens (including phenoxy) is 2.